The second-order valence-corrected chi connectivity index (χ2v) is 25.4. The summed E-state index contributed by atoms with van der Waals surface area (Å²) in [6.45, 7) is 3.31. The van der Waals surface area contributed by atoms with Crippen molar-refractivity contribution in [3.63, 3.8) is 0 Å². The number of phenolic OH excluding ortho intramolecular Hbond substituents is 5. The second kappa shape index (κ2) is 20.2. The van der Waals surface area contributed by atoms with Gasteiger partial charge in [0, 0.05) is 46.9 Å². The van der Waals surface area contributed by atoms with Gasteiger partial charge < -0.3 is 46.3 Å². The van der Waals surface area contributed by atoms with Crippen molar-refractivity contribution < 1.29 is 30.6 Å². The monoisotopic (exact) mass is 1050 g/mol. The van der Waals surface area contributed by atoms with Crippen LogP contribution in [0.4, 0.5) is 0 Å². The largest absolute Gasteiger partial charge is 0.507 e. The molecule has 2 aliphatic heterocycles. The fourth-order valence-corrected chi connectivity index (χ4v) is 19.1. The molecule has 408 valence electrons. The third-order valence-electron chi connectivity index (χ3n) is 22.2. The first-order chi connectivity index (χ1) is 38.0. The maximum Gasteiger partial charge on any atom is 0.169 e. The molecule has 78 heavy (non-hydrogen) atoms. The van der Waals surface area contributed by atoms with Gasteiger partial charge in [-0.1, -0.05) is 136 Å². The Morgan fingerprint density at radius 3 is 2.42 bits per heavy atom. The van der Waals surface area contributed by atoms with E-state index in [2.05, 4.69) is 95.5 Å². The number of nitrogens with one attached hydrogen (secondary N) is 3. The highest BCUT2D eigenvalue weighted by Crippen LogP contribution is 2.79. The van der Waals surface area contributed by atoms with E-state index in [0.717, 1.165) is 31.4 Å². The van der Waals surface area contributed by atoms with Gasteiger partial charge in [-0.3, -0.25) is 0 Å². The van der Waals surface area contributed by atoms with Crippen LogP contribution in [0, 0.1) is 39.9 Å². The molecule has 5 aliphatic carbocycles. The van der Waals surface area contributed by atoms with Gasteiger partial charge in [-0.25, -0.2) is 4.98 Å². The highest BCUT2D eigenvalue weighted by atomic mass is 16.3. The van der Waals surface area contributed by atoms with E-state index >= 15 is 0 Å². The number of rotatable bonds is 13. The number of phenols is 5. The van der Waals surface area contributed by atoms with Crippen molar-refractivity contribution in [1.82, 2.24) is 20.6 Å². The van der Waals surface area contributed by atoms with Crippen LogP contribution in [0.5, 0.6) is 28.7 Å². The predicted molar refractivity (Wildman–Crippen MR) is 308 cm³/mol. The molecule has 10 nitrogen and oxygen atoms in total. The van der Waals surface area contributed by atoms with E-state index < -0.39 is 6.10 Å². The zero-order valence-electron chi connectivity index (χ0n) is 45.4. The SMILES string of the molecule is CCCCCC(c1ccccc1)C1CC2(CCN1)CC(c1ccc(CCc3c(O)c(O)c4c(O)cccc4c3C=Cc3ccc(O)c(O)c3)cc1)NC1C2CC2CCCC23CCC24CCCC2C=CC(O)C4C13c1cnc[nH]1. The number of nitrogens with zero attached hydrogens (tertiary/aromatic N) is 1. The summed E-state index contributed by atoms with van der Waals surface area (Å²) in [4.78, 5) is 8.82. The van der Waals surface area contributed by atoms with Crippen LogP contribution < -0.4 is 10.6 Å². The lowest BCUT2D eigenvalue weighted by Crippen LogP contribution is -2.78. The van der Waals surface area contributed by atoms with Gasteiger partial charge in [0.2, 0.25) is 0 Å². The molecule has 1 aromatic heterocycles. The third-order valence-corrected chi connectivity index (χ3v) is 22.2. The van der Waals surface area contributed by atoms with Crippen molar-refractivity contribution in [2.75, 3.05) is 6.54 Å². The molecule has 0 radical (unpaired) electrons. The summed E-state index contributed by atoms with van der Waals surface area (Å²) in [5, 5.41) is 77.0. The lowest BCUT2D eigenvalue weighted by molar-refractivity contribution is -0.217. The van der Waals surface area contributed by atoms with Crippen LogP contribution in [0.2, 0.25) is 0 Å². The molecule has 3 heterocycles. The molecule has 2 saturated heterocycles. The highest BCUT2D eigenvalue weighted by Gasteiger charge is 2.78. The number of hydrogen-bond acceptors (Lipinski definition) is 9. The molecule has 3 spiro atoms. The first kappa shape index (κ1) is 51.4. The molecule has 10 heteroatoms. The summed E-state index contributed by atoms with van der Waals surface area (Å²) in [6.07, 6.45) is 32.0. The van der Waals surface area contributed by atoms with Crippen LogP contribution in [0.15, 0.2) is 116 Å². The van der Waals surface area contributed by atoms with Crippen LogP contribution in [-0.2, 0) is 18.3 Å². The molecule has 5 aromatic carbocycles. The number of aliphatic hydroxyl groups is 1. The molecule has 0 bridgehead atoms. The topological polar surface area (TPSA) is 174 Å². The lowest BCUT2D eigenvalue weighted by atomic mass is 9.31. The van der Waals surface area contributed by atoms with Crippen molar-refractivity contribution in [3.8, 4) is 28.7 Å². The Kier molecular flexibility index (Phi) is 13.3. The van der Waals surface area contributed by atoms with E-state index in [0.29, 0.717) is 64.6 Å². The summed E-state index contributed by atoms with van der Waals surface area (Å²) in [5.74, 6) is 0.758. The minimum atomic E-state index is -0.536. The molecule has 13 atom stereocenters. The maximum atomic E-state index is 13.0. The van der Waals surface area contributed by atoms with Crippen LogP contribution in [-0.4, -0.2) is 65.3 Å². The van der Waals surface area contributed by atoms with Gasteiger partial charge in [0.1, 0.15) is 5.75 Å². The molecule has 9 N–H and O–H groups in total. The van der Waals surface area contributed by atoms with Crippen LogP contribution in [0.1, 0.15) is 161 Å². The van der Waals surface area contributed by atoms with Gasteiger partial charge >= 0.3 is 0 Å². The predicted octanol–water partition coefficient (Wildman–Crippen LogP) is 13.4. The number of aliphatic hydroxyl groups excluding tert-OH is 1. The van der Waals surface area contributed by atoms with Crippen molar-refractivity contribution in [3.05, 3.63) is 155 Å². The molecule has 13 rings (SSSR count). The minimum absolute atomic E-state index is 0.0380. The van der Waals surface area contributed by atoms with Crippen molar-refractivity contribution in [2.45, 2.75) is 158 Å². The Balaban J connectivity index is 0.900. The third kappa shape index (κ3) is 8.07. The fourth-order valence-electron chi connectivity index (χ4n) is 19.1. The Hall–Kier alpha value is -6.07. The number of aromatic hydroxyl groups is 5. The summed E-state index contributed by atoms with van der Waals surface area (Å²) < 4.78 is 0. The molecule has 4 saturated carbocycles. The molecule has 7 aliphatic rings. The molecular formula is C68H80N4O6. The number of allylic oxidation sites excluding steroid dienone is 1. The van der Waals surface area contributed by atoms with E-state index in [1.165, 1.54) is 118 Å². The Labute approximate surface area is 460 Å². The standard InChI is InChI=1S/C68H80N4O6/c1-2-3-5-15-48(44-11-6-4-7-12-44)54-39-65(34-35-70-54)38-53(72-64-52(65)37-47-14-10-31-67(47)33-32-66-30-9-13-46(66)25-29-57(75)63(66)68(64,67)59-40-69-41-71-59)45-23-18-42(19-24-45)20-27-51-49(26-21-43-22-28-55(73)58(76)36-43)50-16-8-17-56(74)60(50)62(78)61(51)77/h4,6-8,11-12,16-19,21-26,28-29,36,40-41,46-48,52-54,57,63-64,70,72-78H,2-3,5,9-10,13-15,20,27,30-35,37-39H2,1H3,(H,69,71). The second-order valence-electron chi connectivity index (χ2n) is 25.4. The van der Waals surface area contributed by atoms with Crippen molar-refractivity contribution in [1.29, 1.82) is 0 Å². The Morgan fingerprint density at radius 2 is 1.62 bits per heavy atom. The smallest absolute Gasteiger partial charge is 0.169 e. The average molecular weight is 1050 g/mol. The molecule has 0 amide bonds. The van der Waals surface area contributed by atoms with Crippen LogP contribution in [0.3, 0.4) is 0 Å². The fraction of sp³-hybridized carbons (Fsp3) is 0.485. The summed E-state index contributed by atoms with van der Waals surface area (Å²) >= 11 is 0. The summed E-state index contributed by atoms with van der Waals surface area (Å²) in [7, 11) is 0. The molecule has 13 unspecified atom stereocenters. The normalized spacial score (nSPS) is 33.4. The maximum absolute atomic E-state index is 13.0. The Bertz CT molecular complexity index is 3210. The van der Waals surface area contributed by atoms with Crippen molar-refractivity contribution in [2.24, 2.45) is 39.9 Å². The number of benzene rings is 5. The zero-order valence-corrected chi connectivity index (χ0v) is 45.4. The first-order valence-electron chi connectivity index (χ1n) is 29.9. The van der Waals surface area contributed by atoms with Gasteiger partial charge in [0.25, 0.3) is 0 Å². The van der Waals surface area contributed by atoms with Crippen LogP contribution in [0.25, 0.3) is 22.9 Å². The van der Waals surface area contributed by atoms with Crippen LogP contribution >= 0.6 is 0 Å². The van der Waals surface area contributed by atoms with Gasteiger partial charge in [0.05, 0.1) is 17.8 Å². The number of aryl methyl sites for hydroxylation is 1. The molecular weight excluding hydrogens is 969 g/mol. The lowest BCUT2D eigenvalue weighted by Gasteiger charge is -2.75. The van der Waals surface area contributed by atoms with Gasteiger partial charge in [-0.15, -0.1) is 0 Å². The highest BCUT2D eigenvalue weighted by molar-refractivity contribution is 6.03. The number of H-pyrrole nitrogens is 1. The number of aromatic amines is 1. The number of piperidine rings is 2. The van der Waals surface area contributed by atoms with E-state index in [1.54, 1.807) is 18.2 Å². The minimum Gasteiger partial charge on any atom is -0.507 e. The number of hydrogen-bond donors (Lipinski definition) is 9. The van der Waals surface area contributed by atoms with E-state index in [4.69, 9.17) is 4.98 Å². The first-order valence-corrected chi connectivity index (χ1v) is 29.9. The quantitative estimate of drug-likeness (QED) is 0.0236. The number of fused-ring (bicyclic) bond motifs is 5. The summed E-state index contributed by atoms with van der Waals surface area (Å²) in [5.41, 5.74) is 6.70. The van der Waals surface area contributed by atoms with E-state index in [-0.39, 0.29) is 73.8 Å². The average Bonchev–Trinajstić information content (AvgIpc) is 4.32. The van der Waals surface area contributed by atoms with Gasteiger partial charge in [-0.05, 0) is 181 Å². The molecule has 6 fully saturated rings. The van der Waals surface area contributed by atoms with E-state index in [9.17, 15) is 30.6 Å². The van der Waals surface area contributed by atoms with Crippen molar-refractivity contribution >= 4 is 22.9 Å². The number of unbranched alkanes of at least 4 members (excludes halogenated alkanes) is 2. The van der Waals surface area contributed by atoms with Gasteiger partial charge in [0.15, 0.2) is 23.0 Å². The van der Waals surface area contributed by atoms with E-state index in [1.807, 2.05) is 18.5 Å². The number of aromatic nitrogens is 2. The zero-order chi connectivity index (χ0) is 53.4. The Morgan fingerprint density at radius 1 is 0.769 bits per heavy atom. The number of imidazole rings is 1. The molecule has 6 aromatic rings. The van der Waals surface area contributed by atoms with Gasteiger partial charge in [-0.2, -0.15) is 0 Å². The summed E-state index contributed by atoms with van der Waals surface area (Å²) in [6, 6.07) is 30.8.